The van der Waals surface area contributed by atoms with Crippen molar-refractivity contribution < 1.29 is 22.4 Å². The molecule has 0 fully saturated rings. The molecule has 0 atom stereocenters. The predicted molar refractivity (Wildman–Crippen MR) is 73.1 cm³/mol. The van der Waals surface area contributed by atoms with Gasteiger partial charge in [-0.05, 0) is 19.9 Å². The molecule has 1 aromatic rings. The molecule has 0 amide bonds. The normalized spacial score (nSPS) is 11.6. The van der Waals surface area contributed by atoms with Gasteiger partial charge in [0.25, 0.3) is 0 Å². The van der Waals surface area contributed by atoms with E-state index in [0.29, 0.717) is 6.54 Å². The summed E-state index contributed by atoms with van der Waals surface area (Å²) < 4.78 is 36.1. The van der Waals surface area contributed by atoms with Crippen LogP contribution >= 0.6 is 0 Å². The summed E-state index contributed by atoms with van der Waals surface area (Å²) in [7, 11) is -2.49. The van der Waals surface area contributed by atoms with E-state index in [4.69, 9.17) is 4.42 Å². The van der Waals surface area contributed by atoms with Crippen LogP contribution in [0.1, 0.15) is 29.7 Å². The Morgan fingerprint density at radius 1 is 1.35 bits per heavy atom. The van der Waals surface area contributed by atoms with Crippen molar-refractivity contribution in [2.75, 3.05) is 26.7 Å². The topological polar surface area (TPSA) is 97.6 Å². The van der Waals surface area contributed by atoms with Crippen LogP contribution in [-0.4, -0.2) is 41.1 Å². The van der Waals surface area contributed by atoms with Gasteiger partial charge in [-0.3, -0.25) is 0 Å². The Labute approximate surface area is 118 Å². The van der Waals surface area contributed by atoms with Crippen LogP contribution in [0, 0.1) is 6.92 Å². The van der Waals surface area contributed by atoms with Gasteiger partial charge in [-0.15, -0.1) is 0 Å². The molecule has 0 aliphatic carbocycles. The van der Waals surface area contributed by atoms with Gasteiger partial charge in [0, 0.05) is 19.2 Å². The maximum atomic E-state index is 12.1. The summed E-state index contributed by atoms with van der Waals surface area (Å²) in [5.74, 6) is -0.687. The van der Waals surface area contributed by atoms with E-state index in [1.165, 1.54) is 20.1 Å². The predicted octanol–water partition coefficient (Wildman–Crippen LogP) is 0.653. The van der Waals surface area contributed by atoms with E-state index in [9.17, 15) is 13.2 Å². The lowest BCUT2D eigenvalue weighted by Gasteiger charge is -2.06. The Hall–Kier alpha value is -1.38. The van der Waals surface area contributed by atoms with Gasteiger partial charge in [0.1, 0.15) is 10.7 Å². The number of carbonyl (C=O) groups excluding carboxylic acids is 1. The summed E-state index contributed by atoms with van der Waals surface area (Å²) in [6, 6.07) is 1.17. The number of carbonyl (C=O) groups is 1. The zero-order valence-electron chi connectivity index (χ0n) is 11.9. The van der Waals surface area contributed by atoms with Crippen molar-refractivity contribution in [1.82, 2.24) is 10.0 Å². The Kier molecular flexibility index (Phi) is 6.18. The Balaban J connectivity index is 2.72. The van der Waals surface area contributed by atoms with E-state index in [-0.39, 0.29) is 23.0 Å². The van der Waals surface area contributed by atoms with E-state index in [1.54, 1.807) is 0 Å². The second-order valence-electron chi connectivity index (χ2n) is 4.17. The molecule has 1 aromatic heterocycles. The minimum Gasteiger partial charge on any atom is -0.463 e. The highest BCUT2D eigenvalue weighted by Crippen LogP contribution is 2.20. The molecule has 0 bridgehead atoms. The second-order valence-corrected chi connectivity index (χ2v) is 5.91. The highest BCUT2D eigenvalue weighted by atomic mass is 32.2. The lowest BCUT2D eigenvalue weighted by atomic mass is 10.4. The van der Waals surface area contributed by atoms with Gasteiger partial charge >= 0.3 is 5.97 Å². The third-order valence-corrected chi connectivity index (χ3v) is 4.14. The molecule has 0 saturated carbocycles. The van der Waals surface area contributed by atoms with Crippen LogP contribution in [-0.2, 0) is 14.8 Å². The van der Waals surface area contributed by atoms with Crippen molar-refractivity contribution >= 4 is 16.0 Å². The first kappa shape index (κ1) is 16.7. The number of hydrogen-bond acceptors (Lipinski definition) is 6. The highest BCUT2D eigenvalue weighted by Gasteiger charge is 2.23. The highest BCUT2D eigenvalue weighted by molar-refractivity contribution is 7.89. The van der Waals surface area contributed by atoms with Crippen molar-refractivity contribution in [2.24, 2.45) is 0 Å². The largest absolute Gasteiger partial charge is 0.463 e. The summed E-state index contributed by atoms with van der Waals surface area (Å²) in [5, 5.41) is 3.08. The van der Waals surface area contributed by atoms with Crippen LogP contribution in [0.5, 0.6) is 0 Å². The zero-order valence-corrected chi connectivity index (χ0v) is 12.7. The SMILES string of the molecule is CCCNCCNS(=O)(=O)c1cc(C(=O)OC)oc1C. The summed E-state index contributed by atoms with van der Waals surface area (Å²) >= 11 is 0. The number of ether oxygens (including phenoxy) is 1. The number of sulfonamides is 1. The van der Waals surface area contributed by atoms with Crippen molar-refractivity contribution in [3.63, 3.8) is 0 Å². The second kappa shape index (κ2) is 7.41. The van der Waals surface area contributed by atoms with E-state index < -0.39 is 16.0 Å². The Bertz CT molecular complexity index is 550. The molecule has 8 heteroatoms. The molecule has 0 aliphatic heterocycles. The molecule has 7 nitrogen and oxygen atoms in total. The van der Waals surface area contributed by atoms with Gasteiger partial charge in [-0.1, -0.05) is 6.92 Å². The molecule has 0 radical (unpaired) electrons. The van der Waals surface area contributed by atoms with Gasteiger partial charge < -0.3 is 14.5 Å². The fraction of sp³-hybridized carbons (Fsp3) is 0.583. The molecule has 114 valence electrons. The summed E-state index contributed by atoms with van der Waals surface area (Å²) in [5.41, 5.74) is 0. The molecule has 2 N–H and O–H groups in total. The Morgan fingerprint density at radius 2 is 2.05 bits per heavy atom. The molecule has 1 rings (SSSR count). The first-order valence-electron chi connectivity index (χ1n) is 6.31. The maximum Gasteiger partial charge on any atom is 0.373 e. The van der Waals surface area contributed by atoms with Crippen molar-refractivity contribution in [2.45, 2.75) is 25.2 Å². The molecule has 0 unspecified atom stereocenters. The van der Waals surface area contributed by atoms with Crippen molar-refractivity contribution in [3.05, 3.63) is 17.6 Å². The number of esters is 1. The quantitative estimate of drug-likeness (QED) is 0.540. The number of rotatable bonds is 8. The summed E-state index contributed by atoms with van der Waals surface area (Å²) in [6.07, 6.45) is 0.982. The Morgan fingerprint density at radius 3 is 2.65 bits per heavy atom. The van der Waals surface area contributed by atoms with Crippen molar-refractivity contribution in [1.29, 1.82) is 0 Å². The monoisotopic (exact) mass is 304 g/mol. The molecule has 0 aliphatic rings. The number of hydrogen-bond donors (Lipinski definition) is 2. The molecule has 0 spiro atoms. The smallest absolute Gasteiger partial charge is 0.373 e. The molecular weight excluding hydrogens is 284 g/mol. The van der Waals surface area contributed by atoms with Crippen molar-refractivity contribution in [3.8, 4) is 0 Å². The van der Waals surface area contributed by atoms with Crippen LogP contribution < -0.4 is 10.0 Å². The maximum absolute atomic E-state index is 12.1. The van der Waals surface area contributed by atoms with Crippen LogP contribution in [0.4, 0.5) is 0 Å². The number of aryl methyl sites for hydroxylation is 1. The average Bonchev–Trinajstić information content (AvgIpc) is 2.80. The summed E-state index contributed by atoms with van der Waals surface area (Å²) in [4.78, 5) is 11.2. The average molecular weight is 304 g/mol. The lowest BCUT2D eigenvalue weighted by Crippen LogP contribution is -2.32. The van der Waals surface area contributed by atoms with Crippen LogP contribution in [0.25, 0.3) is 0 Å². The summed E-state index contributed by atoms with van der Waals surface area (Å²) in [6.45, 7) is 5.14. The third kappa shape index (κ3) is 4.32. The molecule has 20 heavy (non-hydrogen) atoms. The number of nitrogens with one attached hydrogen (secondary N) is 2. The molecular formula is C12H20N2O5S. The van der Waals surface area contributed by atoms with Gasteiger partial charge in [-0.2, -0.15) is 0 Å². The van der Waals surface area contributed by atoms with Crippen LogP contribution in [0.2, 0.25) is 0 Å². The van der Waals surface area contributed by atoms with Gasteiger partial charge in [-0.25, -0.2) is 17.9 Å². The first-order valence-corrected chi connectivity index (χ1v) is 7.79. The number of furan rings is 1. The van der Waals surface area contributed by atoms with E-state index in [2.05, 4.69) is 14.8 Å². The third-order valence-electron chi connectivity index (χ3n) is 2.57. The van der Waals surface area contributed by atoms with Gasteiger partial charge in [0.05, 0.1) is 7.11 Å². The standard InChI is InChI=1S/C12H20N2O5S/c1-4-5-13-6-7-14-20(16,17)11-8-10(12(15)18-3)19-9(11)2/h8,13-14H,4-7H2,1-3H3. The van der Waals surface area contributed by atoms with Gasteiger partial charge in [0.2, 0.25) is 15.8 Å². The molecule has 0 aromatic carbocycles. The van der Waals surface area contributed by atoms with E-state index in [0.717, 1.165) is 13.0 Å². The molecule has 1 heterocycles. The fourth-order valence-electron chi connectivity index (χ4n) is 1.59. The first-order chi connectivity index (χ1) is 9.42. The minimum atomic E-state index is -3.69. The van der Waals surface area contributed by atoms with E-state index >= 15 is 0 Å². The zero-order chi connectivity index (χ0) is 15.2. The van der Waals surface area contributed by atoms with Crippen LogP contribution in [0.15, 0.2) is 15.4 Å². The van der Waals surface area contributed by atoms with Gasteiger partial charge in [0.15, 0.2) is 0 Å². The van der Waals surface area contributed by atoms with E-state index in [1.807, 2.05) is 6.92 Å². The fourth-order valence-corrected chi connectivity index (χ4v) is 2.80. The van der Waals surface area contributed by atoms with Crippen LogP contribution in [0.3, 0.4) is 0 Å². The lowest BCUT2D eigenvalue weighted by molar-refractivity contribution is 0.0563. The number of methoxy groups -OCH3 is 1. The molecule has 0 saturated heterocycles. The minimum absolute atomic E-state index is 0.0478.